The molecule has 4 nitrogen and oxygen atoms in total. The molecule has 0 saturated carbocycles. The fourth-order valence-corrected chi connectivity index (χ4v) is 2.36. The number of aliphatic carboxylic acids is 1. The molecule has 0 radical (unpaired) electrons. The lowest BCUT2D eigenvalue weighted by atomic mass is 9.73. The number of carboxylic acids is 1. The Kier molecular flexibility index (Phi) is 5.70. The van der Waals surface area contributed by atoms with Crippen LogP contribution in [0.4, 0.5) is 0 Å². The molecular formula is C17H22O4. The molecule has 1 atom stereocenters. The van der Waals surface area contributed by atoms with Crippen LogP contribution in [0.25, 0.3) is 0 Å². The SMILES string of the molecule is C=C(CC)CC(C(=O)O)(C(=O)OCC)c1ccccc1C. The van der Waals surface area contributed by atoms with E-state index in [4.69, 9.17) is 4.74 Å². The normalized spacial score (nSPS) is 13.3. The molecule has 1 aromatic carbocycles. The highest BCUT2D eigenvalue weighted by Gasteiger charge is 2.50. The predicted octanol–water partition coefficient (Wildman–Crippen LogP) is 3.24. The molecule has 1 N–H and O–H groups in total. The summed E-state index contributed by atoms with van der Waals surface area (Å²) in [7, 11) is 0. The van der Waals surface area contributed by atoms with Crippen LogP contribution in [0, 0.1) is 6.92 Å². The van der Waals surface area contributed by atoms with E-state index >= 15 is 0 Å². The summed E-state index contributed by atoms with van der Waals surface area (Å²) < 4.78 is 5.06. The maximum Gasteiger partial charge on any atom is 0.328 e. The molecule has 0 bridgehead atoms. The summed E-state index contributed by atoms with van der Waals surface area (Å²) in [6.07, 6.45) is 0.656. The van der Waals surface area contributed by atoms with Crippen LogP contribution in [0.1, 0.15) is 37.8 Å². The number of carboxylic acid groups (broad SMARTS) is 1. The molecule has 0 aromatic heterocycles. The standard InChI is InChI=1S/C17H22O4/c1-5-12(3)11-17(15(18)19,16(20)21-6-2)14-10-8-7-9-13(14)4/h7-10H,3,5-6,11H2,1-2,4H3,(H,18,19). The predicted molar refractivity (Wildman–Crippen MR) is 81.2 cm³/mol. The summed E-state index contributed by atoms with van der Waals surface area (Å²) in [4.78, 5) is 24.5. The maximum absolute atomic E-state index is 12.5. The van der Waals surface area contributed by atoms with Crippen LogP contribution in [0.5, 0.6) is 0 Å². The third-order valence-corrected chi connectivity index (χ3v) is 3.61. The van der Waals surface area contributed by atoms with E-state index in [0.717, 1.165) is 5.56 Å². The number of rotatable bonds is 7. The van der Waals surface area contributed by atoms with Gasteiger partial charge in [-0.3, -0.25) is 9.59 Å². The topological polar surface area (TPSA) is 63.6 Å². The lowest BCUT2D eigenvalue weighted by Gasteiger charge is -2.29. The number of esters is 1. The fourth-order valence-electron chi connectivity index (χ4n) is 2.36. The molecule has 1 rings (SSSR count). The average molecular weight is 290 g/mol. The minimum Gasteiger partial charge on any atom is -0.480 e. The Bertz CT molecular complexity index is 547. The molecule has 0 heterocycles. The van der Waals surface area contributed by atoms with Gasteiger partial charge in [-0.25, -0.2) is 0 Å². The highest BCUT2D eigenvalue weighted by atomic mass is 16.5. The first-order valence-electron chi connectivity index (χ1n) is 7.03. The van der Waals surface area contributed by atoms with Gasteiger partial charge >= 0.3 is 11.9 Å². The second kappa shape index (κ2) is 7.07. The zero-order valence-electron chi connectivity index (χ0n) is 12.8. The van der Waals surface area contributed by atoms with Crippen molar-refractivity contribution in [1.82, 2.24) is 0 Å². The van der Waals surface area contributed by atoms with Crippen molar-refractivity contribution in [2.45, 2.75) is 39.0 Å². The van der Waals surface area contributed by atoms with Gasteiger partial charge in [0.2, 0.25) is 0 Å². The van der Waals surface area contributed by atoms with Crippen LogP contribution in [0.15, 0.2) is 36.4 Å². The van der Waals surface area contributed by atoms with Crippen LogP contribution in [-0.2, 0) is 19.7 Å². The molecule has 4 heteroatoms. The lowest BCUT2D eigenvalue weighted by molar-refractivity contribution is -0.161. The number of benzene rings is 1. The minimum atomic E-state index is -1.73. The van der Waals surface area contributed by atoms with Crippen molar-refractivity contribution in [1.29, 1.82) is 0 Å². The number of allylic oxidation sites excluding steroid dienone is 1. The number of hydrogen-bond donors (Lipinski definition) is 1. The highest BCUT2D eigenvalue weighted by molar-refractivity contribution is 6.06. The molecule has 0 saturated heterocycles. The van der Waals surface area contributed by atoms with E-state index in [9.17, 15) is 14.7 Å². The zero-order chi connectivity index (χ0) is 16.0. The van der Waals surface area contributed by atoms with Gasteiger partial charge < -0.3 is 9.84 Å². The quantitative estimate of drug-likeness (QED) is 0.475. The number of ether oxygens (including phenoxy) is 1. The van der Waals surface area contributed by atoms with E-state index in [1.165, 1.54) is 0 Å². The summed E-state index contributed by atoms with van der Waals surface area (Å²) in [5.74, 6) is -1.94. The first-order valence-corrected chi connectivity index (χ1v) is 7.03. The Morgan fingerprint density at radius 2 is 1.90 bits per heavy atom. The Balaban J connectivity index is 3.51. The van der Waals surface area contributed by atoms with Crippen LogP contribution in [0.2, 0.25) is 0 Å². The Labute approximate surface area is 125 Å². The summed E-state index contributed by atoms with van der Waals surface area (Å²) in [6, 6.07) is 7.00. The van der Waals surface area contributed by atoms with Gasteiger partial charge in [0.25, 0.3) is 0 Å². The summed E-state index contributed by atoms with van der Waals surface area (Å²) in [6.45, 7) is 9.35. The maximum atomic E-state index is 12.5. The third-order valence-electron chi connectivity index (χ3n) is 3.61. The fraction of sp³-hybridized carbons (Fsp3) is 0.412. The van der Waals surface area contributed by atoms with Crippen LogP contribution in [0.3, 0.4) is 0 Å². The third kappa shape index (κ3) is 3.32. The molecule has 0 fully saturated rings. The minimum absolute atomic E-state index is 0.0442. The highest BCUT2D eigenvalue weighted by Crippen LogP contribution is 2.35. The second-order valence-corrected chi connectivity index (χ2v) is 5.03. The van der Waals surface area contributed by atoms with E-state index < -0.39 is 17.4 Å². The van der Waals surface area contributed by atoms with Crippen LogP contribution >= 0.6 is 0 Å². The molecular weight excluding hydrogens is 268 g/mol. The van der Waals surface area contributed by atoms with E-state index in [0.29, 0.717) is 17.6 Å². The van der Waals surface area contributed by atoms with E-state index in [1.54, 1.807) is 32.0 Å². The number of carbonyl (C=O) groups excluding carboxylic acids is 1. The van der Waals surface area contributed by atoms with Gasteiger partial charge in [0, 0.05) is 0 Å². The molecule has 114 valence electrons. The zero-order valence-corrected chi connectivity index (χ0v) is 12.8. The Hall–Kier alpha value is -2.10. The van der Waals surface area contributed by atoms with Gasteiger partial charge in [0.15, 0.2) is 5.41 Å². The van der Waals surface area contributed by atoms with Crippen molar-refractivity contribution in [3.05, 3.63) is 47.5 Å². The van der Waals surface area contributed by atoms with Gasteiger partial charge in [-0.05, 0) is 37.8 Å². The summed E-state index contributed by atoms with van der Waals surface area (Å²) in [5.41, 5.74) is 0.185. The van der Waals surface area contributed by atoms with Gasteiger partial charge in [0.1, 0.15) is 0 Å². The van der Waals surface area contributed by atoms with Gasteiger partial charge in [-0.1, -0.05) is 43.3 Å². The smallest absolute Gasteiger partial charge is 0.328 e. The van der Waals surface area contributed by atoms with E-state index in [1.807, 2.05) is 13.0 Å². The molecule has 0 aliphatic heterocycles. The van der Waals surface area contributed by atoms with Crippen molar-refractivity contribution >= 4 is 11.9 Å². The number of hydrogen-bond acceptors (Lipinski definition) is 3. The van der Waals surface area contributed by atoms with E-state index in [2.05, 4.69) is 6.58 Å². The van der Waals surface area contributed by atoms with Crippen LogP contribution in [-0.4, -0.2) is 23.7 Å². The number of aryl methyl sites for hydroxylation is 1. The van der Waals surface area contributed by atoms with Crippen molar-refractivity contribution in [2.24, 2.45) is 0 Å². The van der Waals surface area contributed by atoms with Crippen molar-refractivity contribution in [3.63, 3.8) is 0 Å². The Morgan fingerprint density at radius 1 is 1.29 bits per heavy atom. The number of carbonyl (C=O) groups is 2. The molecule has 0 aliphatic rings. The molecule has 21 heavy (non-hydrogen) atoms. The van der Waals surface area contributed by atoms with Crippen LogP contribution < -0.4 is 0 Å². The average Bonchev–Trinajstić information content (AvgIpc) is 2.45. The summed E-state index contributed by atoms with van der Waals surface area (Å²) in [5, 5.41) is 9.80. The monoisotopic (exact) mass is 290 g/mol. The van der Waals surface area contributed by atoms with Crippen molar-refractivity contribution in [3.8, 4) is 0 Å². The molecule has 1 unspecified atom stereocenters. The van der Waals surface area contributed by atoms with Gasteiger partial charge in [-0.2, -0.15) is 0 Å². The largest absolute Gasteiger partial charge is 0.480 e. The molecule has 0 aliphatic carbocycles. The van der Waals surface area contributed by atoms with Gasteiger partial charge in [-0.15, -0.1) is 0 Å². The first kappa shape index (κ1) is 17.0. The first-order chi connectivity index (χ1) is 9.90. The van der Waals surface area contributed by atoms with E-state index in [-0.39, 0.29) is 13.0 Å². The molecule has 0 amide bonds. The Morgan fingerprint density at radius 3 is 2.38 bits per heavy atom. The summed E-state index contributed by atoms with van der Waals surface area (Å²) >= 11 is 0. The van der Waals surface area contributed by atoms with Crippen molar-refractivity contribution < 1.29 is 19.4 Å². The lowest BCUT2D eigenvalue weighted by Crippen LogP contribution is -2.46. The second-order valence-electron chi connectivity index (χ2n) is 5.03. The molecule has 0 spiro atoms. The van der Waals surface area contributed by atoms with Gasteiger partial charge in [0.05, 0.1) is 6.61 Å². The molecule has 1 aromatic rings. The van der Waals surface area contributed by atoms with Crippen molar-refractivity contribution in [2.75, 3.05) is 6.61 Å².